The number of carbonyl (C=O) groups is 2. The van der Waals surface area contributed by atoms with E-state index in [1.165, 1.54) is 16.3 Å². The summed E-state index contributed by atoms with van der Waals surface area (Å²) < 4.78 is 26.6. The molecule has 0 spiro atoms. The van der Waals surface area contributed by atoms with Crippen LogP contribution in [-0.2, 0) is 26.2 Å². The molecule has 0 saturated carbocycles. The summed E-state index contributed by atoms with van der Waals surface area (Å²) in [7, 11) is -2.12. The minimum Gasteiger partial charge on any atom is -0.354 e. The number of amides is 2. The molecule has 2 amide bonds. The Balaban J connectivity index is 2.06. The average Bonchev–Trinajstić information content (AvgIpc) is 2.80. The van der Waals surface area contributed by atoms with Crippen LogP contribution in [0.2, 0.25) is 5.02 Å². The topological polar surface area (TPSA) is 86.8 Å². The van der Waals surface area contributed by atoms with Crippen LogP contribution in [0.5, 0.6) is 0 Å². The predicted molar refractivity (Wildman–Crippen MR) is 130 cm³/mol. The molecule has 2 aromatic carbocycles. The highest BCUT2D eigenvalue weighted by Gasteiger charge is 2.26. The molecule has 7 nitrogen and oxygen atoms in total. The first-order valence-electron chi connectivity index (χ1n) is 11.0. The van der Waals surface area contributed by atoms with Crippen LogP contribution in [0, 0.1) is 0 Å². The van der Waals surface area contributed by atoms with E-state index in [-0.39, 0.29) is 36.2 Å². The van der Waals surface area contributed by atoms with E-state index in [1.54, 1.807) is 55.5 Å². The highest BCUT2D eigenvalue weighted by Crippen LogP contribution is 2.17. The van der Waals surface area contributed by atoms with Crippen molar-refractivity contribution >= 4 is 33.4 Å². The highest BCUT2D eigenvalue weighted by atomic mass is 35.5. The molecule has 9 heteroatoms. The van der Waals surface area contributed by atoms with E-state index in [0.29, 0.717) is 18.0 Å². The third-order valence-electron chi connectivity index (χ3n) is 5.27. The molecule has 1 N–H and O–H groups in total. The fourth-order valence-electron chi connectivity index (χ4n) is 3.30. The SMILES string of the molecule is CCCNC(=O)[C@@H](C)N(Cc1cccc(Cl)c1)C(=O)CCCN(C)S(=O)(=O)c1ccccc1. The Hall–Kier alpha value is -2.42. The fraction of sp³-hybridized carbons (Fsp3) is 0.417. The molecule has 180 valence electrons. The molecule has 0 radical (unpaired) electrons. The Morgan fingerprint density at radius 2 is 1.79 bits per heavy atom. The zero-order valence-electron chi connectivity index (χ0n) is 19.3. The van der Waals surface area contributed by atoms with Crippen molar-refractivity contribution in [3.63, 3.8) is 0 Å². The number of halogens is 1. The highest BCUT2D eigenvalue weighted by molar-refractivity contribution is 7.89. The van der Waals surface area contributed by atoms with Gasteiger partial charge in [0.25, 0.3) is 0 Å². The second-order valence-electron chi connectivity index (χ2n) is 7.86. The van der Waals surface area contributed by atoms with Gasteiger partial charge in [-0.1, -0.05) is 48.9 Å². The van der Waals surface area contributed by atoms with Crippen molar-refractivity contribution in [3.8, 4) is 0 Å². The maximum atomic E-state index is 13.1. The molecule has 2 rings (SSSR count). The van der Waals surface area contributed by atoms with Crippen molar-refractivity contribution < 1.29 is 18.0 Å². The van der Waals surface area contributed by atoms with Crippen LogP contribution < -0.4 is 5.32 Å². The number of benzene rings is 2. The van der Waals surface area contributed by atoms with E-state index < -0.39 is 16.1 Å². The van der Waals surface area contributed by atoms with Gasteiger partial charge in [-0.05, 0) is 49.6 Å². The lowest BCUT2D eigenvalue weighted by molar-refractivity contribution is -0.140. The largest absolute Gasteiger partial charge is 0.354 e. The van der Waals surface area contributed by atoms with Gasteiger partial charge in [-0.25, -0.2) is 12.7 Å². The predicted octanol–water partition coefficient (Wildman–Crippen LogP) is 3.68. The summed E-state index contributed by atoms with van der Waals surface area (Å²) in [5.41, 5.74) is 0.815. The summed E-state index contributed by atoms with van der Waals surface area (Å²) in [6.45, 7) is 4.60. The molecule has 0 aliphatic carbocycles. The zero-order valence-corrected chi connectivity index (χ0v) is 20.9. The molecule has 0 aromatic heterocycles. The lowest BCUT2D eigenvalue weighted by Gasteiger charge is -2.29. The summed E-state index contributed by atoms with van der Waals surface area (Å²) in [5.74, 6) is -0.448. The van der Waals surface area contributed by atoms with E-state index in [9.17, 15) is 18.0 Å². The number of carbonyl (C=O) groups excluding carboxylic acids is 2. The van der Waals surface area contributed by atoms with Crippen LogP contribution in [-0.4, -0.2) is 55.6 Å². The quantitative estimate of drug-likeness (QED) is 0.488. The Morgan fingerprint density at radius 1 is 1.09 bits per heavy atom. The van der Waals surface area contributed by atoms with Crippen molar-refractivity contribution in [1.29, 1.82) is 0 Å². The molecule has 0 heterocycles. The molecular weight excluding hydrogens is 462 g/mol. The fourth-order valence-corrected chi connectivity index (χ4v) is 4.74. The van der Waals surface area contributed by atoms with Crippen molar-refractivity contribution in [2.45, 2.75) is 50.6 Å². The maximum Gasteiger partial charge on any atom is 0.242 e. The van der Waals surface area contributed by atoms with Gasteiger partial charge in [-0.15, -0.1) is 0 Å². The zero-order chi connectivity index (χ0) is 24.4. The summed E-state index contributed by atoms with van der Waals surface area (Å²) in [6.07, 6.45) is 1.24. The molecule has 0 fully saturated rings. The summed E-state index contributed by atoms with van der Waals surface area (Å²) >= 11 is 6.09. The van der Waals surface area contributed by atoms with Gasteiger partial charge in [0.05, 0.1) is 4.90 Å². The van der Waals surface area contributed by atoms with Crippen molar-refractivity contribution in [2.75, 3.05) is 20.1 Å². The van der Waals surface area contributed by atoms with Crippen LogP contribution in [0.25, 0.3) is 0 Å². The van der Waals surface area contributed by atoms with Gasteiger partial charge < -0.3 is 10.2 Å². The molecule has 0 aliphatic rings. The lowest BCUT2D eigenvalue weighted by atomic mass is 10.1. The van der Waals surface area contributed by atoms with E-state index in [2.05, 4.69) is 5.32 Å². The second-order valence-corrected chi connectivity index (χ2v) is 10.3. The maximum absolute atomic E-state index is 13.1. The molecule has 0 bridgehead atoms. The second kappa shape index (κ2) is 12.7. The Morgan fingerprint density at radius 3 is 2.42 bits per heavy atom. The standard InChI is InChI=1S/C24H32ClN3O4S/c1-4-15-26-24(30)19(2)28(18-20-10-8-11-21(25)17-20)23(29)14-9-16-27(3)33(31,32)22-12-6-5-7-13-22/h5-8,10-13,17,19H,4,9,14-16,18H2,1-3H3,(H,26,30)/t19-/m1/s1. The van der Waals surface area contributed by atoms with Gasteiger partial charge in [0, 0.05) is 38.1 Å². The van der Waals surface area contributed by atoms with Crippen LogP contribution in [0.15, 0.2) is 59.5 Å². The van der Waals surface area contributed by atoms with Gasteiger partial charge in [-0.3, -0.25) is 9.59 Å². The first kappa shape index (κ1) is 26.8. The Bertz CT molecular complexity index is 1030. The van der Waals surface area contributed by atoms with E-state index in [1.807, 2.05) is 13.0 Å². The van der Waals surface area contributed by atoms with Gasteiger partial charge in [0.15, 0.2) is 0 Å². The molecule has 1 atom stereocenters. The molecule has 33 heavy (non-hydrogen) atoms. The van der Waals surface area contributed by atoms with Crippen LogP contribution in [0.4, 0.5) is 0 Å². The minimum absolute atomic E-state index is 0.112. The number of hydrogen-bond donors (Lipinski definition) is 1. The van der Waals surface area contributed by atoms with E-state index >= 15 is 0 Å². The smallest absolute Gasteiger partial charge is 0.242 e. The third kappa shape index (κ3) is 7.84. The summed E-state index contributed by atoms with van der Waals surface area (Å²) in [4.78, 5) is 27.4. The average molecular weight is 494 g/mol. The Labute approximate surface area is 201 Å². The van der Waals surface area contributed by atoms with Crippen molar-refractivity contribution in [1.82, 2.24) is 14.5 Å². The summed E-state index contributed by atoms with van der Waals surface area (Å²) in [5, 5.41) is 3.38. The van der Waals surface area contributed by atoms with Gasteiger partial charge in [-0.2, -0.15) is 0 Å². The van der Waals surface area contributed by atoms with Crippen LogP contribution in [0.3, 0.4) is 0 Å². The van der Waals surface area contributed by atoms with Crippen LogP contribution >= 0.6 is 11.6 Å². The van der Waals surface area contributed by atoms with Crippen molar-refractivity contribution in [3.05, 3.63) is 65.2 Å². The third-order valence-corrected chi connectivity index (χ3v) is 7.38. The van der Waals surface area contributed by atoms with Crippen molar-refractivity contribution in [2.24, 2.45) is 0 Å². The minimum atomic E-state index is -3.62. The van der Waals surface area contributed by atoms with Crippen LogP contribution in [0.1, 0.15) is 38.7 Å². The molecule has 0 aliphatic heterocycles. The number of rotatable bonds is 12. The molecule has 2 aromatic rings. The van der Waals surface area contributed by atoms with E-state index in [4.69, 9.17) is 11.6 Å². The van der Waals surface area contributed by atoms with E-state index in [0.717, 1.165) is 12.0 Å². The summed E-state index contributed by atoms with van der Waals surface area (Å²) in [6, 6.07) is 14.7. The number of nitrogens with one attached hydrogen (secondary N) is 1. The monoisotopic (exact) mass is 493 g/mol. The number of hydrogen-bond acceptors (Lipinski definition) is 4. The van der Waals surface area contributed by atoms with Gasteiger partial charge >= 0.3 is 0 Å². The number of sulfonamides is 1. The molecule has 0 unspecified atom stereocenters. The molecular formula is C24H32ClN3O4S. The number of nitrogens with zero attached hydrogens (tertiary/aromatic N) is 2. The van der Waals surface area contributed by atoms with Gasteiger partial charge in [0.1, 0.15) is 6.04 Å². The van der Waals surface area contributed by atoms with Gasteiger partial charge in [0.2, 0.25) is 21.8 Å². The first-order valence-corrected chi connectivity index (χ1v) is 12.8. The normalized spacial score (nSPS) is 12.4. The molecule has 0 saturated heterocycles. The first-order chi connectivity index (χ1) is 15.7. The lowest BCUT2D eigenvalue weighted by Crippen LogP contribution is -2.47. The Kier molecular flexibility index (Phi) is 10.3.